The highest BCUT2D eigenvalue weighted by molar-refractivity contribution is 6.38. The van der Waals surface area contributed by atoms with Crippen LogP contribution in [0.5, 0.6) is 0 Å². The number of carbonyl (C=O) groups excluding carboxylic acids is 7. The smallest absolute Gasteiger partial charge is 0.289 e. The molecule has 4 N–H and O–H groups in total. The second-order valence-electron chi connectivity index (χ2n) is 17.1. The lowest BCUT2D eigenvalue weighted by Gasteiger charge is -2.39. The molecule has 16 heteroatoms. The molecule has 6 amide bonds. The van der Waals surface area contributed by atoms with Gasteiger partial charge in [0, 0.05) is 38.4 Å². The first-order valence-corrected chi connectivity index (χ1v) is 20.0. The summed E-state index contributed by atoms with van der Waals surface area (Å²) in [7, 11) is 1.70. The fraction of sp³-hybridized carbons (Fsp3) is 0.718. The van der Waals surface area contributed by atoms with E-state index in [0.29, 0.717) is 19.4 Å². The monoisotopic (exact) mass is 763 g/mol. The van der Waals surface area contributed by atoms with Gasteiger partial charge in [0.25, 0.3) is 11.8 Å². The van der Waals surface area contributed by atoms with Crippen molar-refractivity contribution < 1.29 is 33.6 Å². The maximum Gasteiger partial charge on any atom is 0.289 e. The Bertz CT molecular complexity index is 1660. The molecule has 55 heavy (non-hydrogen) atoms. The summed E-state index contributed by atoms with van der Waals surface area (Å²) < 4.78 is 0. The highest BCUT2D eigenvalue weighted by Crippen LogP contribution is 2.45. The second-order valence-corrected chi connectivity index (χ2v) is 17.1. The molecule has 5 fully saturated rings. The standard InChI is InChI=1S/C39H57N9O7/c1-6-11-25(30(49)35(53)42-24-15-16-24)43-33(51)28-20-39(46(5)36(54)27-14-10-19-48(27)39)22-47(28)37(55)31(38(2,3)4)45-34(52)29(23-12-8-7-9-13-23)44-32(50)26-21-40-17-18-41-26/h17-18,21,23-25,27-29,31H,6-16,19-20,22H2,1-5H3,(H,42,53)(H,43,51)(H,44,50)(H,45,52)/t25?,27?,28-,29-,31+,39?/m0/s1. The lowest BCUT2D eigenvalue weighted by molar-refractivity contribution is -0.145. The summed E-state index contributed by atoms with van der Waals surface area (Å²) in [4.78, 5) is 110. The molecule has 0 bridgehead atoms. The molecule has 4 heterocycles. The Morgan fingerprint density at radius 1 is 0.945 bits per heavy atom. The van der Waals surface area contributed by atoms with Crippen molar-refractivity contribution in [2.45, 2.75) is 147 Å². The average Bonchev–Trinajstić information content (AvgIpc) is 3.60. The number of aromatic nitrogens is 2. The Hall–Kier alpha value is -4.47. The lowest BCUT2D eigenvalue weighted by atomic mass is 9.82. The molecule has 3 aliphatic heterocycles. The first kappa shape index (κ1) is 40.2. The van der Waals surface area contributed by atoms with E-state index in [4.69, 9.17) is 0 Å². The van der Waals surface area contributed by atoms with Crippen molar-refractivity contribution in [3.05, 3.63) is 24.3 Å². The van der Waals surface area contributed by atoms with E-state index in [1.54, 1.807) is 11.9 Å². The summed E-state index contributed by atoms with van der Waals surface area (Å²) in [5, 5.41) is 11.4. The van der Waals surface area contributed by atoms with Crippen molar-refractivity contribution in [3.63, 3.8) is 0 Å². The van der Waals surface area contributed by atoms with Crippen molar-refractivity contribution in [2.75, 3.05) is 20.1 Å². The SMILES string of the molecule is CCCC(NC(=O)[C@@H]1CC2(CN1C(=O)[C@@H](NC(=O)[C@@H](NC(=O)c1cnccn1)C1CCCCC1)C(C)(C)C)N(C)C(=O)C1CCCN12)C(=O)C(=O)NC1CC1. The van der Waals surface area contributed by atoms with E-state index in [1.807, 2.05) is 27.7 Å². The quantitative estimate of drug-likeness (QED) is 0.211. The van der Waals surface area contributed by atoms with Crippen LogP contribution in [0.3, 0.4) is 0 Å². The fourth-order valence-electron chi connectivity index (χ4n) is 8.94. The predicted octanol–water partition coefficient (Wildman–Crippen LogP) is 1.05. The Balaban J connectivity index is 1.29. The van der Waals surface area contributed by atoms with Crippen LogP contribution in [0.25, 0.3) is 0 Å². The maximum absolute atomic E-state index is 15.1. The molecule has 5 aliphatic rings. The molecule has 6 atom stereocenters. The van der Waals surface area contributed by atoms with Crippen LogP contribution < -0.4 is 21.3 Å². The van der Waals surface area contributed by atoms with Crippen LogP contribution in [0.4, 0.5) is 0 Å². The Morgan fingerprint density at radius 2 is 1.67 bits per heavy atom. The fourth-order valence-corrected chi connectivity index (χ4v) is 8.94. The highest BCUT2D eigenvalue weighted by atomic mass is 16.2. The third-order valence-corrected chi connectivity index (χ3v) is 12.2. The number of fused-ring (bicyclic) bond motifs is 2. The van der Waals surface area contributed by atoms with Crippen LogP contribution in [0.1, 0.15) is 115 Å². The van der Waals surface area contributed by atoms with Gasteiger partial charge in [-0.15, -0.1) is 0 Å². The number of likely N-dealkylation sites (tertiary alicyclic amines) is 1. The number of nitrogens with zero attached hydrogens (tertiary/aromatic N) is 5. The summed E-state index contributed by atoms with van der Waals surface area (Å²) in [6, 6.07) is -4.71. The van der Waals surface area contributed by atoms with Crippen LogP contribution in [0.2, 0.25) is 0 Å². The zero-order chi connectivity index (χ0) is 39.7. The van der Waals surface area contributed by atoms with Gasteiger partial charge in [0.2, 0.25) is 29.4 Å². The van der Waals surface area contributed by atoms with E-state index < -0.39 is 70.6 Å². The molecule has 1 aromatic heterocycles. The summed E-state index contributed by atoms with van der Waals surface area (Å²) in [6.45, 7) is 7.94. The molecular weight excluding hydrogens is 706 g/mol. The minimum atomic E-state index is -1.14. The Kier molecular flexibility index (Phi) is 11.9. The van der Waals surface area contributed by atoms with Crippen molar-refractivity contribution in [2.24, 2.45) is 11.3 Å². The van der Waals surface area contributed by atoms with Crippen LogP contribution in [0, 0.1) is 11.3 Å². The molecule has 2 aliphatic carbocycles. The lowest BCUT2D eigenvalue weighted by Crippen LogP contribution is -2.62. The van der Waals surface area contributed by atoms with E-state index in [-0.39, 0.29) is 49.0 Å². The van der Waals surface area contributed by atoms with Crippen molar-refractivity contribution in [1.82, 2.24) is 45.9 Å². The van der Waals surface area contributed by atoms with Gasteiger partial charge in [-0.25, -0.2) is 4.98 Å². The van der Waals surface area contributed by atoms with E-state index in [9.17, 15) is 28.8 Å². The number of carbonyl (C=O) groups is 7. The van der Waals surface area contributed by atoms with Crippen molar-refractivity contribution >= 4 is 41.2 Å². The average molecular weight is 764 g/mol. The normalized spacial score (nSPS) is 25.9. The topological polar surface area (TPSA) is 203 Å². The number of ketones is 1. The summed E-state index contributed by atoms with van der Waals surface area (Å²) in [5.41, 5.74) is -1.77. The zero-order valence-corrected chi connectivity index (χ0v) is 32.8. The highest BCUT2D eigenvalue weighted by Gasteiger charge is 2.64. The maximum atomic E-state index is 15.1. The van der Waals surface area contributed by atoms with Crippen LogP contribution >= 0.6 is 0 Å². The minimum absolute atomic E-state index is 0.00906. The van der Waals surface area contributed by atoms with Gasteiger partial charge in [0.1, 0.15) is 29.5 Å². The van der Waals surface area contributed by atoms with Crippen LogP contribution in [-0.4, -0.2) is 128 Å². The number of hydrogen-bond acceptors (Lipinski definition) is 10. The number of amides is 6. The molecule has 0 radical (unpaired) electrons. The van der Waals surface area contributed by atoms with Crippen LogP contribution in [-0.2, 0) is 28.8 Å². The number of Topliss-reactive ketones (excluding diaryl/α,β-unsaturated/α-hetero) is 1. The van der Waals surface area contributed by atoms with Crippen LogP contribution in [0.15, 0.2) is 18.6 Å². The first-order chi connectivity index (χ1) is 26.2. The first-order valence-electron chi connectivity index (χ1n) is 20.0. The van der Waals surface area contributed by atoms with Gasteiger partial charge in [-0.1, -0.05) is 53.4 Å². The molecule has 3 unspecified atom stereocenters. The number of hydrogen-bond donors (Lipinski definition) is 4. The van der Waals surface area contributed by atoms with E-state index in [2.05, 4.69) is 36.1 Å². The summed E-state index contributed by atoms with van der Waals surface area (Å²) in [6.07, 6.45) is 12.3. The molecular formula is C39H57N9O7. The van der Waals surface area contributed by atoms with Gasteiger partial charge < -0.3 is 31.1 Å². The predicted molar refractivity (Wildman–Crippen MR) is 200 cm³/mol. The van der Waals surface area contributed by atoms with E-state index in [1.165, 1.54) is 23.5 Å². The van der Waals surface area contributed by atoms with Crippen molar-refractivity contribution in [3.8, 4) is 0 Å². The summed E-state index contributed by atoms with van der Waals surface area (Å²) in [5.74, 6) is -3.91. The van der Waals surface area contributed by atoms with Gasteiger partial charge in [-0.05, 0) is 56.3 Å². The third-order valence-electron chi connectivity index (χ3n) is 12.2. The molecule has 16 nitrogen and oxygen atoms in total. The number of rotatable bonds is 13. The summed E-state index contributed by atoms with van der Waals surface area (Å²) >= 11 is 0. The molecule has 300 valence electrons. The zero-order valence-electron chi connectivity index (χ0n) is 32.8. The Labute approximate surface area is 322 Å². The van der Waals surface area contributed by atoms with Gasteiger partial charge in [0.05, 0.1) is 24.8 Å². The van der Waals surface area contributed by atoms with Crippen molar-refractivity contribution in [1.29, 1.82) is 0 Å². The number of likely N-dealkylation sites (N-methyl/N-ethyl adjacent to an activating group) is 1. The molecule has 6 rings (SSSR count). The molecule has 1 spiro atoms. The Morgan fingerprint density at radius 3 is 2.31 bits per heavy atom. The van der Waals surface area contributed by atoms with Gasteiger partial charge >= 0.3 is 0 Å². The van der Waals surface area contributed by atoms with Gasteiger partial charge in [-0.2, -0.15) is 0 Å². The molecule has 1 aromatic rings. The molecule has 0 aromatic carbocycles. The molecule has 2 saturated carbocycles. The van der Waals surface area contributed by atoms with Gasteiger partial charge in [-0.3, -0.25) is 43.4 Å². The third kappa shape index (κ3) is 8.38. The van der Waals surface area contributed by atoms with E-state index >= 15 is 4.79 Å². The molecule has 3 saturated heterocycles. The second kappa shape index (κ2) is 16.3. The largest absolute Gasteiger partial charge is 0.347 e. The van der Waals surface area contributed by atoms with Gasteiger partial charge in [0.15, 0.2) is 0 Å². The number of nitrogens with one attached hydrogen (secondary N) is 4. The minimum Gasteiger partial charge on any atom is -0.347 e. The van der Waals surface area contributed by atoms with E-state index in [0.717, 1.165) is 51.4 Å².